The van der Waals surface area contributed by atoms with Crippen LogP contribution in [0.1, 0.15) is 348 Å². The number of primary sulfonamides is 1. The number of Topliss-reactive ketones (excluding diaryl/α,β-unsaturated/α-hetero) is 1. The van der Waals surface area contributed by atoms with E-state index in [1.54, 1.807) is 67.9 Å². The van der Waals surface area contributed by atoms with Crippen molar-refractivity contribution in [1.82, 2.24) is 9.62 Å². The molecule has 1 aliphatic carbocycles. The summed E-state index contributed by atoms with van der Waals surface area (Å²) in [6.45, 7) is 47.1. The molecule has 15 nitrogen and oxygen atoms in total. The Hall–Kier alpha value is -10.4. The van der Waals surface area contributed by atoms with E-state index in [1.165, 1.54) is 67.3 Å². The van der Waals surface area contributed by atoms with E-state index in [0.29, 0.717) is 93.6 Å². The fraction of sp³-hybridized carbons (Fsp3) is 0.377. The number of aromatic carboxylic acids is 1. The van der Waals surface area contributed by atoms with Crippen molar-refractivity contribution in [1.29, 1.82) is 0 Å². The van der Waals surface area contributed by atoms with E-state index in [9.17, 15) is 36.6 Å². The van der Waals surface area contributed by atoms with Crippen LogP contribution in [0.25, 0.3) is 0 Å². The van der Waals surface area contributed by atoms with Crippen LogP contribution in [0.15, 0.2) is 246 Å². The minimum Gasteiger partial charge on any atom is -0.478 e. The van der Waals surface area contributed by atoms with Crippen LogP contribution in [0.4, 0.5) is 0 Å². The highest BCUT2D eigenvalue weighted by molar-refractivity contribution is 7.98. The van der Waals surface area contributed by atoms with Crippen LogP contribution in [-0.4, -0.2) is 83.6 Å². The quantitative estimate of drug-likeness (QED) is 0.0417. The lowest BCUT2D eigenvalue weighted by atomic mass is 9.98. The Morgan fingerprint density at radius 1 is 0.407 bits per heavy atom. The van der Waals surface area contributed by atoms with Gasteiger partial charge in [-0.05, 0) is 250 Å². The van der Waals surface area contributed by atoms with Gasteiger partial charge >= 0.3 is 5.97 Å². The Balaban J connectivity index is 0.000000684. The lowest BCUT2D eigenvalue weighted by Crippen LogP contribution is -2.21. The molecule has 0 radical (unpaired) electrons. The third kappa shape index (κ3) is 40.6. The van der Waals surface area contributed by atoms with E-state index in [2.05, 4.69) is 229 Å². The summed E-state index contributed by atoms with van der Waals surface area (Å²) in [6, 6.07) is 75.9. The second-order valence-electron chi connectivity index (χ2n) is 33.5. The summed E-state index contributed by atoms with van der Waals surface area (Å²) in [5.74, 6) is 7.54. The molecule has 9 N–H and O–H groups in total. The van der Waals surface area contributed by atoms with Gasteiger partial charge in [0.25, 0.3) is 5.91 Å². The Kier molecular flexibility index (Phi) is 50.1. The predicted octanol–water partition coefficient (Wildman–Crippen LogP) is 24.7. The first-order valence-corrected chi connectivity index (χ1v) is 45.6. The maximum Gasteiger partial charge on any atom is 0.335 e. The maximum atomic E-state index is 12.2. The van der Waals surface area contributed by atoms with E-state index >= 15 is 0 Å². The topological polar surface area (TPSA) is 270 Å². The van der Waals surface area contributed by atoms with Gasteiger partial charge in [-0.3, -0.25) is 19.2 Å². The summed E-state index contributed by atoms with van der Waals surface area (Å²) in [7, 11) is -0.640. The SMILES string of the molecule is C.C=S(=O)(c1ccc(C(C)C)cc1)N(C)C.CC(C)c1ccc(C(=O)O)cc1.CC(C)c1ccc(C(N)=O)cc1.CC(C)c1ccc(CO)cc1.CC(C)c1ccc2c(c1)C(=O)CC2.CC(C)c1cccc(C(N)=O)c1.CC(C)c1cccc(S(N)(=O)=O)c1.CCc1cccc(C(C)C)c1.CNC(=O)c1ccc(C(C)C)cc1.Cc1cccc(C(C)C)c1. The number of rotatable bonds is 19. The van der Waals surface area contributed by atoms with E-state index in [4.69, 9.17) is 26.8 Å². The number of ketones is 1. The number of fused-ring (bicyclic) bond motifs is 1. The number of nitrogens with zero attached hydrogens (tertiary/aromatic N) is 1. The summed E-state index contributed by atoms with van der Waals surface area (Å²) in [5, 5.41) is 25.0. The number of carbonyl (C=O) groups excluding carboxylic acids is 4. The van der Waals surface area contributed by atoms with Gasteiger partial charge in [-0.25, -0.2) is 26.9 Å². The number of primary amides is 2. The van der Waals surface area contributed by atoms with Gasteiger partial charge in [-0.2, -0.15) is 0 Å². The second-order valence-corrected chi connectivity index (χ2v) is 37.6. The van der Waals surface area contributed by atoms with Crippen LogP contribution in [0, 0.1) is 6.92 Å². The second kappa shape index (κ2) is 55.7. The first kappa shape index (κ1) is 111. The Morgan fingerprint density at radius 2 is 0.748 bits per heavy atom. The van der Waals surface area contributed by atoms with Crippen LogP contribution in [0.2, 0.25) is 0 Å². The number of hydrogen-bond donors (Lipinski definition) is 6. The largest absolute Gasteiger partial charge is 0.478 e. The number of aryl methyl sites for hydroxylation is 3. The normalized spacial score (nSPS) is 11.6. The van der Waals surface area contributed by atoms with Gasteiger partial charge in [0.15, 0.2) is 5.78 Å². The maximum absolute atomic E-state index is 12.2. The number of aliphatic hydroxyl groups excluding tert-OH is 1. The Bertz CT molecular complexity index is 4990. The monoisotopic (exact) mass is 1710 g/mol. The van der Waals surface area contributed by atoms with E-state index in [1.807, 2.05) is 123 Å². The standard InChI is InChI=1S/C12H19NOS.C12H14O.C11H15NO.C11H16.2C10H13NO.C10H12O2.C10H14O.C10H14.C9H13NO2S.CH4/c1-10(2)11-6-8-12(9-7-11)15(5,14)13(3)4;1-8(2)10-4-3-9-5-6-12(13)11(9)7-10;1-8(2)9-4-6-10(7-5-9)11(13)12-3;1-4-10-6-5-7-11(8-10)9(2)3;1-7(2)8-3-5-9(6-4-8)10(11)12;1-7(2)8-4-3-5-9(6-8)10(11)12;1-7(2)8-3-5-9(6-4-8)10(11)12;1-8(2)10-5-3-9(7-11)4-6-10;1-8(2)10-6-4-5-9(3)7-10;1-7(2)8-4-3-5-9(6-8)13(10,11)12;/h6-10H,5H2,1-4H3;3-4,7-8H,5-6H2,1-2H3;4-8H,1-3H3,(H,12,13);5-9H,4H2,1-3H3;2*3-7H,1-2H3,(H2,11,12);3-7H,1-2H3,(H,11,12);3-6,8,11H,7H2,1-2H3;4-8H,1-3H3;3-7H,1-2H3,(H2,10,11,12);1H4. The number of carbonyl (C=O) groups is 5. The van der Waals surface area contributed by atoms with Crippen molar-refractivity contribution >= 4 is 55.1 Å². The van der Waals surface area contributed by atoms with Crippen LogP contribution < -0.4 is 21.9 Å². The van der Waals surface area contributed by atoms with E-state index in [-0.39, 0.29) is 36.7 Å². The number of benzene rings is 10. The predicted molar refractivity (Wildman–Crippen MR) is 521 cm³/mol. The lowest BCUT2D eigenvalue weighted by molar-refractivity contribution is 0.0695. The molecule has 1 aliphatic rings. The molecule has 0 saturated heterocycles. The number of carboxylic acid groups (broad SMARTS) is 1. The number of nitrogens with one attached hydrogen (secondary N) is 1. The molecule has 0 saturated carbocycles. The molecule has 10 aromatic carbocycles. The highest BCUT2D eigenvalue weighted by atomic mass is 32.2. The first-order valence-electron chi connectivity index (χ1n) is 42.3. The smallest absolute Gasteiger partial charge is 0.335 e. The number of carboxylic acids is 1. The average Bonchev–Trinajstić information content (AvgIpc) is 1.76. The summed E-state index contributed by atoms with van der Waals surface area (Å²) in [5.41, 5.74) is 30.9. The van der Waals surface area contributed by atoms with E-state index < -0.39 is 25.7 Å². The van der Waals surface area contributed by atoms with Gasteiger partial charge in [0.05, 0.1) is 26.8 Å². The third-order valence-corrected chi connectivity index (χ3v) is 23.3. The van der Waals surface area contributed by atoms with Crippen LogP contribution in [0.5, 0.6) is 0 Å². The number of amides is 3. The molecule has 0 spiro atoms. The van der Waals surface area contributed by atoms with Crippen molar-refractivity contribution in [3.05, 3.63) is 342 Å². The Morgan fingerprint density at radius 3 is 1.11 bits per heavy atom. The summed E-state index contributed by atoms with van der Waals surface area (Å²) in [6.07, 6.45) is 2.78. The average molecular weight is 1720 g/mol. The zero-order valence-electron chi connectivity index (χ0n) is 77.5. The molecule has 0 bridgehead atoms. The molecule has 11 rings (SSSR count). The number of aliphatic hydroxyl groups is 1. The molecular formula is C106H147N5O10S2. The highest BCUT2D eigenvalue weighted by Gasteiger charge is 2.20. The molecule has 0 fully saturated rings. The van der Waals surface area contributed by atoms with Crippen molar-refractivity contribution in [2.45, 2.75) is 255 Å². The van der Waals surface area contributed by atoms with Crippen molar-refractivity contribution in [2.75, 3.05) is 21.1 Å². The molecule has 17 heteroatoms. The van der Waals surface area contributed by atoms with Crippen LogP contribution in [-0.2, 0) is 39.2 Å². The third-order valence-electron chi connectivity index (χ3n) is 20.2. The van der Waals surface area contributed by atoms with Gasteiger partial charge in [0, 0.05) is 40.6 Å². The molecular weight excluding hydrogens is 1570 g/mol. The van der Waals surface area contributed by atoms with Gasteiger partial charge < -0.3 is 27.0 Å². The van der Waals surface area contributed by atoms with Crippen LogP contribution >= 0.6 is 0 Å². The van der Waals surface area contributed by atoms with Gasteiger partial charge in [-0.15, -0.1) is 0 Å². The zero-order valence-corrected chi connectivity index (χ0v) is 79.1. The number of hydrogen-bond acceptors (Lipinski definition) is 9. The molecule has 10 aromatic rings. The molecule has 1 atom stereocenters. The minimum absolute atomic E-state index is 0. The van der Waals surface area contributed by atoms with Crippen molar-refractivity contribution in [2.24, 2.45) is 16.6 Å². The molecule has 0 aromatic heterocycles. The lowest BCUT2D eigenvalue weighted by Gasteiger charge is -2.17. The number of nitrogens with two attached hydrogens (primary N) is 3. The minimum atomic E-state index is -3.56. The van der Waals surface area contributed by atoms with Crippen molar-refractivity contribution in [3.8, 4) is 0 Å². The zero-order chi connectivity index (χ0) is 92.5. The number of sulfonamides is 1. The highest BCUT2D eigenvalue weighted by Crippen LogP contribution is 2.28. The fourth-order valence-electron chi connectivity index (χ4n) is 11.6. The summed E-state index contributed by atoms with van der Waals surface area (Å²) >= 11 is 0. The fourth-order valence-corrected chi connectivity index (χ4v) is 13.2. The molecule has 3 amide bonds. The van der Waals surface area contributed by atoms with E-state index in [0.717, 1.165) is 40.0 Å². The Labute approximate surface area is 741 Å². The van der Waals surface area contributed by atoms with Gasteiger partial charge in [-0.1, -0.05) is 316 Å². The van der Waals surface area contributed by atoms with Gasteiger partial charge in [0.2, 0.25) is 21.8 Å². The molecule has 1 unspecified atom stereocenters. The van der Waals surface area contributed by atoms with Crippen LogP contribution in [0.3, 0.4) is 0 Å². The molecule has 123 heavy (non-hydrogen) atoms. The molecule has 0 aliphatic heterocycles. The summed E-state index contributed by atoms with van der Waals surface area (Å²) < 4.78 is 35.8. The van der Waals surface area contributed by atoms with Crippen molar-refractivity contribution < 1.29 is 46.8 Å². The molecule has 668 valence electrons. The first-order chi connectivity index (χ1) is 57.1. The van der Waals surface area contributed by atoms with Crippen molar-refractivity contribution in [3.63, 3.8) is 0 Å². The molecule has 0 heterocycles. The summed E-state index contributed by atoms with van der Waals surface area (Å²) in [4.78, 5) is 55.6. The van der Waals surface area contributed by atoms with Gasteiger partial charge in [0.1, 0.15) is 0 Å².